The van der Waals surface area contributed by atoms with Gasteiger partial charge in [0.15, 0.2) is 0 Å². The lowest BCUT2D eigenvalue weighted by Crippen LogP contribution is -2.29. The molecular formula is C13H24O3. The van der Waals surface area contributed by atoms with Crippen molar-refractivity contribution < 1.29 is 14.3 Å². The molecule has 0 fully saturated rings. The highest BCUT2D eigenvalue weighted by Gasteiger charge is 2.23. The van der Waals surface area contributed by atoms with E-state index in [0.29, 0.717) is 5.57 Å². The third kappa shape index (κ3) is 6.62. The SMILES string of the molecule is C=C(COC)C(=O)OC(C)(C)CCCCC. The fraction of sp³-hybridized carbons (Fsp3) is 0.769. The number of carbonyl (C=O) groups excluding carboxylic acids is 1. The average molecular weight is 228 g/mol. The second-order valence-corrected chi connectivity index (χ2v) is 4.64. The van der Waals surface area contributed by atoms with Gasteiger partial charge in [-0.05, 0) is 26.7 Å². The van der Waals surface area contributed by atoms with Crippen LogP contribution in [0.25, 0.3) is 0 Å². The molecule has 0 aliphatic rings. The minimum absolute atomic E-state index is 0.226. The van der Waals surface area contributed by atoms with Gasteiger partial charge in [0, 0.05) is 7.11 Å². The molecule has 0 aromatic heterocycles. The van der Waals surface area contributed by atoms with Crippen LogP contribution in [0.1, 0.15) is 46.5 Å². The van der Waals surface area contributed by atoms with Crippen LogP contribution in [0.4, 0.5) is 0 Å². The lowest BCUT2D eigenvalue weighted by molar-refractivity contribution is -0.152. The Morgan fingerprint density at radius 1 is 1.31 bits per heavy atom. The summed E-state index contributed by atoms with van der Waals surface area (Å²) in [5.74, 6) is -0.358. The van der Waals surface area contributed by atoms with Gasteiger partial charge in [0.25, 0.3) is 0 Å². The summed E-state index contributed by atoms with van der Waals surface area (Å²) in [6, 6.07) is 0. The number of unbranched alkanes of at least 4 members (excludes halogenated alkanes) is 2. The molecule has 0 aromatic rings. The third-order valence-electron chi connectivity index (χ3n) is 2.36. The standard InChI is InChI=1S/C13H24O3/c1-6-7-8-9-13(3,4)16-12(14)11(2)10-15-5/h2,6-10H2,1,3-5H3. The Bertz CT molecular complexity index is 231. The molecule has 0 amide bonds. The van der Waals surface area contributed by atoms with Gasteiger partial charge in [0.2, 0.25) is 0 Å². The summed E-state index contributed by atoms with van der Waals surface area (Å²) in [4.78, 5) is 11.6. The van der Waals surface area contributed by atoms with Gasteiger partial charge in [-0.25, -0.2) is 4.79 Å². The smallest absolute Gasteiger partial charge is 0.336 e. The molecule has 0 aliphatic heterocycles. The van der Waals surface area contributed by atoms with E-state index in [4.69, 9.17) is 9.47 Å². The van der Waals surface area contributed by atoms with Gasteiger partial charge >= 0.3 is 5.97 Å². The van der Waals surface area contributed by atoms with Crippen molar-refractivity contribution in [2.75, 3.05) is 13.7 Å². The fourth-order valence-corrected chi connectivity index (χ4v) is 1.41. The molecule has 0 saturated heterocycles. The van der Waals surface area contributed by atoms with Crippen LogP contribution in [0.5, 0.6) is 0 Å². The van der Waals surface area contributed by atoms with Crippen LogP contribution in [0.2, 0.25) is 0 Å². The van der Waals surface area contributed by atoms with Gasteiger partial charge in [-0.15, -0.1) is 0 Å². The van der Waals surface area contributed by atoms with E-state index in [1.807, 2.05) is 13.8 Å². The molecular weight excluding hydrogens is 204 g/mol. The molecule has 16 heavy (non-hydrogen) atoms. The van der Waals surface area contributed by atoms with E-state index in [-0.39, 0.29) is 12.6 Å². The van der Waals surface area contributed by atoms with Crippen molar-refractivity contribution >= 4 is 5.97 Å². The Hall–Kier alpha value is -0.830. The number of esters is 1. The molecule has 0 aliphatic carbocycles. The zero-order chi connectivity index (χ0) is 12.6. The molecule has 0 N–H and O–H groups in total. The summed E-state index contributed by atoms with van der Waals surface area (Å²) in [6.45, 7) is 9.87. The van der Waals surface area contributed by atoms with Gasteiger partial charge < -0.3 is 9.47 Å². The zero-order valence-electron chi connectivity index (χ0n) is 11.0. The number of hydrogen-bond donors (Lipinski definition) is 0. The lowest BCUT2D eigenvalue weighted by Gasteiger charge is -2.25. The zero-order valence-corrected chi connectivity index (χ0v) is 11.0. The molecule has 3 nitrogen and oxygen atoms in total. The Labute approximate surface area is 98.8 Å². The first-order valence-corrected chi connectivity index (χ1v) is 5.83. The van der Waals surface area contributed by atoms with Crippen molar-refractivity contribution in [3.63, 3.8) is 0 Å². The molecule has 0 spiro atoms. The minimum Gasteiger partial charge on any atom is -0.456 e. The Morgan fingerprint density at radius 3 is 2.44 bits per heavy atom. The Kier molecular flexibility index (Phi) is 7.06. The van der Waals surface area contributed by atoms with Crippen molar-refractivity contribution in [2.24, 2.45) is 0 Å². The van der Waals surface area contributed by atoms with E-state index in [1.165, 1.54) is 20.0 Å². The highest BCUT2D eigenvalue weighted by molar-refractivity contribution is 5.88. The summed E-state index contributed by atoms with van der Waals surface area (Å²) in [7, 11) is 1.53. The first-order valence-electron chi connectivity index (χ1n) is 5.83. The van der Waals surface area contributed by atoms with Crippen molar-refractivity contribution in [1.82, 2.24) is 0 Å². The van der Waals surface area contributed by atoms with Crippen LogP contribution in [0.15, 0.2) is 12.2 Å². The van der Waals surface area contributed by atoms with Gasteiger partial charge in [-0.2, -0.15) is 0 Å². The van der Waals surface area contributed by atoms with Crippen molar-refractivity contribution in [1.29, 1.82) is 0 Å². The molecule has 0 heterocycles. The number of methoxy groups -OCH3 is 1. The highest BCUT2D eigenvalue weighted by Crippen LogP contribution is 2.20. The van der Waals surface area contributed by atoms with E-state index in [0.717, 1.165) is 12.8 Å². The molecule has 0 aromatic carbocycles. The maximum absolute atomic E-state index is 11.6. The molecule has 94 valence electrons. The summed E-state index contributed by atoms with van der Waals surface area (Å²) in [5, 5.41) is 0. The summed E-state index contributed by atoms with van der Waals surface area (Å²) in [6.07, 6.45) is 4.29. The predicted octanol–water partition coefficient (Wildman–Crippen LogP) is 3.09. The number of hydrogen-bond acceptors (Lipinski definition) is 3. The van der Waals surface area contributed by atoms with E-state index in [2.05, 4.69) is 13.5 Å². The average Bonchev–Trinajstić information content (AvgIpc) is 2.17. The van der Waals surface area contributed by atoms with Crippen molar-refractivity contribution in [3.05, 3.63) is 12.2 Å². The number of ether oxygens (including phenoxy) is 2. The summed E-state index contributed by atoms with van der Waals surface area (Å²) < 4.78 is 10.2. The summed E-state index contributed by atoms with van der Waals surface area (Å²) >= 11 is 0. The van der Waals surface area contributed by atoms with Gasteiger partial charge in [0.1, 0.15) is 5.60 Å². The van der Waals surface area contributed by atoms with Crippen molar-refractivity contribution in [2.45, 2.75) is 52.1 Å². The second-order valence-electron chi connectivity index (χ2n) is 4.64. The first kappa shape index (κ1) is 15.2. The summed E-state index contributed by atoms with van der Waals surface area (Å²) in [5.41, 5.74) is -0.0470. The minimum atomic E-state index is -0.414. The molecule has 0 unspecified atom stereocenters. The van der Waals surface area contributed by atoms with Crippen molar-refractivity contribution in [3.8, 4) is 0 Å². The van der Waals surface area contributed by atoms with Crippen LogP contribution < -0.4 is 0 Å². The molecule has 0 rings (SSSR count). The van der Waals surface area contributed by atoms with Crippen LogP contribution in [-0.4, -0.2) is 25.3 Å². The predicted molar refractivity (Wildman–Crippen MR) is 65.3 cm³/mol. The highest BCUT2D eigenvalue weighted by atomic mass is 16.6. The molecule has 3 heteroatoms. The maximum Gasteiger partial charge on any atom is 0.336 e. The van der Waals surface area contributed by atoms with E-state index in [9.17, 15) is 4.79 Å². The largest absolute Gasteiger partial charge is 0.456 e. The maximum atomic E-state index is 11.6. The monoisotopic (exact) mass is 228 g/mol. The van der Waals surface area contributed by atoms with Crippen LogP contribution in [0.3, 0.4) is 0 Å². The fourth-order valence-electron chi connectivity index (χ4n) is 1.41. The third-order valence-corrected chi connectivity index (χ3v) is 2.36. The van der Waals surface area contributed by atoms with E-state index >= 15 is 0 Å². The lowest BCUT2D eigenvalue weighted by atomic mass is 10.0. The molecule has 0 bridgehead atoms. The van der Waals surface area contributed by atoms with Gasteiger partial charge in [-0.3, -0.25) is 0 Å². The second kappa shape index (κ2) is 7.44. The number of rotatable bonds is 8. The Balaban J connectivity index is 4.03. The normalized spacial score (nSPS) is 11.2. The first-order chi connectivity index (χ1) is 7.43. The van der Waals surface area contributed by atoms with Crippen LogP contribution in [0, 0.1) is 0 Å². The molecule has 0 radical (unpaired) electrons. The topological polar surface area (TPSA) is 35.5 Å². The van der Waals surface area contributed by atoms with Gasteiger partial charge in [0.05, 0.1) is 12.2 Å². The molecule has 0 saturated carbocycles. The Morgan fingerprint density at radius 2 is 1.94 bits per heavy atom. The number of carbonyl (C=O) groups is 1. The molecule has 0 atom stereocenters. The van der Waals surface area contributed by atoms with E-state index in [1.54, 1.807) is 0 Å². The quantitative estimate of drug-likeness (QED) is 0.364. The van der Waals surface area contributed by atoms with Crippen LogP contribution >= 0.6 is 0 Å². The van der Waals surface area contributed by atoms with E-state index < -0.39 is 5.60 Å². The van der Waals surface area contributed by atoms with Gasteiger partial charge in [-0.1, -0.05) is 26.3 Å². The van der Waals surface area contributed by atoms with Crippen LogP contribution in [-0.2, 0) is 14.3 Å².